The maximum absolute atomic E-state index is 4.49. The number of benzene rings is 1. The van der Waals surface area contributed by atoms with Crippen molar-refractivity contribution in [1.82, 2.24) is 20.5 Å². The minimum absolute atomic E-state index is 0.503. The Morgan fingerprint density at radius 3 is 2.84 bits per heavy atom. The second-order valence-electron chi connectivity index (χ2n) is 6.94. The summed E-state index contributed by atoms with van der Waals surface area (Å²) >= 11 is 0. The van der Waals surface area contributed by atoms with Gasteiger partial charge in [-0.05, 0) is 36.2 Å². The lowest BCUT2D eigenvalue weighted by Crippen LogP contribution is -2.53. The fraction of sp³-hybridized carbons (Fsp3) is 0.350. The summed E-state index contributed by atoms with van der Waals surface area (Å²) in [5, 5.41) is 13.6. The topological polar surface area (TPSA) is 53.9 Å². The van der Waals surface area contributed by atoms with Crippen LogP contribution in [-0.4, -0.2) is 40.9 Å². The molecule has 1 fully saturated rings. The molecule has 0 bridgehead atoms. The fourth-order valence-corrected chi connectivity index (χ4v) is 3.32. The summed E-state index contributed by atoms with van der Waals surface area (Å²) in [6.07, 6.45) is 1.81. The Bertz CT molecular complexity index is 859. The Balaban J connectivity index is 1.56. The van der Waals surface area contributed by atoms with Crippen LogP contribution in [0.3, 0.4) is 0 Å². The van der Waals surface area contributed by atoms with Gasteiger partial charge in [-0.25, -0.2) is 0 Å². The molecule has 128 valence electrons. The van der Waals surface area contributed by atoms with Gasteiger partial charge in [0.1, 0.15) is 0 Å². The summed E-state index contributed by atoms with van der Waals surface area (Å²) < 4.78 is 0. The largest absolute Gasteiger partial charge is 0.352 e. The van der Waals surface area contributed by atoms with Gasteiger partial charge in [-0.1, -0.05) is 26.0 Å². The average Bonchev–Trinajstić information content (AvgIpc) is 2.68. The van der Waals surface area contributed by atoms with Gasteiger partial charge in [0.2, 0.25) is 0 Å². The molecule has 3 heterocycles. The number of aromatic nitrogens is 3. The van der Waals surface area contributed by atoms with Crippen molar-refractivity contribution in [2.45, 2.75) is 19.9 Å². The molecule has 1 atom stereocenters. The number of nitrogens with one attached hydrogen (secondary N) is 1. The number of hydrogen-bond donors (Lipinski definition) is 1. The van der Waals surface area contributed by atoms with E-state index in [4.69, 9.17) is 0 Å². The maximum Gasteiger partial charge on any atom is 0.151 e. The van der Waals surface area contributed by atoms with Crippen LogP contribution < -0.4 is 10.2 Å². The molecule has 1 aromatic carbocycles. The zero-order valence-electron chi connectivity index (χ0n) is 14.7. The van der Waals surface area contributed by atoms with Crippen LogP contribution in [0.4, 0.5) is 5.82 Å². The van der Waals surface area contributed by atoms with Crippen LogP contribution in [0.2, 0.25) is 0 Å². The highest BCUT2D eigenvalue weighted by Crippen LogP contribution is 2.23. The highest BCUT2D eigenvalue weighted by Gasteiger charge is 2.22. The van der Waals surface area contributed by atoms with Crippen LogP contribution in [-0.2, 0) is 0 Å². The van der Waals surface area contributed by atoms with E-state index in [9.17, 15) is 0 Å². The van der Waals surface area contributed by atoms with Crippen molar-refractivity contribution in [2.24, 2.45) is 5.92 Å². The van der Waals surface area contributed by atoms with E-state index in [1.54, 1.807) is 0 Å². The van der Waals surface area contributed by atoms with Gasteiger partial charge in [-0.2, -0.15) is 0 Å². The molecular weight excluding hydrogens is 310 g/mol. The zero-order valence-corrected chi connectivity index (χ0v) is 14.7. The molecule has 0 aliphatic carbocycles. The third-order valence-electron chi connectivity index (χ3n) is 4.88. The normalized spacial score (nSPS) is 18.0. The molecule has 25 heavy (non-hydrogen) atoms. The first-order valence-electron chi connectivity index (χ1n) is 8.88. The highest BCUT2D eigenvalue weighted by atomic mass is 15.3. The maximum atomic E-state index is 4.49. The molecule has 4 rings (SSSR count). The monoisotopic (exact) mass is 333 g/mol. The Morgan fingerprint density at radius 2 is 2.04 bits per heavy atom. The van der Waals surface area contributed by atoms with Gasteiger partial charge < -0.3 is 10.2 Å². The van der Waals surface area contributed by atoms with Crippen LogP contribution in [0.5, 0.6) is 0 Å². The predicted octanol–water partition coefficient (Wildman–Crippen LogP) is 3.13. The molecule has 1 unspecified atom stereocenters. The lowest BCUT2D eigenvalue weighted by molar-refractivity contribution is 0.367. The quantitative estimate of drug-likeness (QED) is 0.798. The van der Waals surface area contributed by atoms with E-state index in [-0.39, 0.29) is 0 Å². The molecule has 0 radical (unpaired) electrons. The Labute approximate surface area is 148 Å². The van der Waals surface area contributed by atoms with E-state index in [1.165, 1.54) is 0 Å². The van der Waals surface area contributed by atoms with Crippen molar-refractivity contribution in [2.75, 3.05) is 24.5 Å². The second-order valence-corrected chi connectivity index (χ2v) is 6.94. The van der Waals surface area contributed by atoms with E-state index >= 15 is 0 Å². The highest BCUT2D eigenvalue weighted by molar-refractivity contribution is 5.83. The van der Waals surface area contributed by atoms with Gasteiger partial charge in [-0.15, -0.1) is 10.2 Å². The molecule has 0 amide bonds. The van der Waals surface area contributed by atoms with Gasteiger partial charge in [-0.3, -0.25) is 4.98 Å². The van der Waals surface area contributed by atoms with Gasteiger partial charge in [0, 0.05) is 42.8 Å². The first-order valence-corrected chi connectivity index (χ1v) is 8.88. The summed E-state index contributed by atoms with van der Waals surface area (Å²) in [7, 11) is 0. The van der Waals surface area contributed by atoms with E-state index in [1.807, 2.05) is 18.3 Å². The molecular formula is C20H23N5. The number of nitrogens with zero attached hydrogens (tertiary/aromatic N) is 4. The molecule has 1 saturated heterocycles. The molecule has 2 aromatic heterocycles. The average molecular weight is 333 g/mol. The number of piperazine rings is 1. The Kier molecular flexibility index (Phi) is 4.32. The fourth-order valence-electron chi connectivity index (χ4n) is 3.32. The summed E-state index contributed by atoms with van der Waals surface area (Å²) in [6, 6.07) is 14.9. The second kappa shape index (κ2) is 6.76. The third kappa shape index (κ3) is 3.33. The van der Waals surface area contributed by atoms with E-state index in [2.05, 4.69) is 69.6 Å². The number of rotatable bonds is 3. The number of pyridine rings is 1. The van der Waals surface area contributed by atoms with Gasteiger partial charge in [0.25, 0.3) is 0 Å². The van der Waals surface area contributed by atoms with Crippen molar-refractivity contribution in [3.8, 4) is 11.3 Å². The summed E-state index contributed by atoms with van der Waals surface area (Å²) in [5.41, 5.74) is 2.96. The molecule has 0 spiro atoms. The minimum Gasteiger partial charge on any atom is -0.352 e. The van der Waals surface area contributed by atoms with Crippen LogP contribution >= 0.6 is 0 Å². The molecule has 5 heteroatoms. The van der Waals surface area contributed by atoms with Crippen molar-refractivity contribution < 1.29 is 0 Å². The number of anilines is 1. The van der Waals surface area contributed by atoms with Crippen LogP contribution in [0.15, 0.2) is 48.7 Å². The van der Waals surface area contributed by atoms with Crippen LogP contribution in [0.25, 0.3) is 22.2 Å². The first-order chi connectivity index (χ1) is 12.2. The van der Waals surface area contributed by atoms with Crippen molar-refractivity contribution in [3.05, 3.63) is 48.7 Å². The zero-order chi connectivity index (χ0) is 17.2. The lowest BCUT2D eigenvalue weighted by Gasteiger charge is -2.36. The van der Waals surface area contributed by atoms with Crippen molar-refractivity contribution >= 4 is 16.7 Å². The predicted molar refractivity (Wildman–Crippen MR) is 102 cm³/mol. The molecule has 5 nitrogen and oxygen atoms in total. The van der Waals surface area contributed by atoms with E-state index in [0.29, 0.717) is 12.0 Å². The summed E-state index contributed by atoms with van der Waals surface area (Å²) in [4.78, 5) is 6.69. The van der Waals surface area contributed by atoms with Gasteiger partial charge >= 0.3 is 0 Å². The molecule has 1 N–H and O–H groups in total. The molecule has 1 aliphatic heterocycles. The van der Waals surface area contributed by atoms with E-state index in [0.717, 1.165) is 47.6 Å². The number of fused-ring (bicyclic) bond motifs is 1. The molecule has 1 aliphatic rings. The first kappa shape index (κ1) is 16.0. The molecule has 0 saturated carbocycles. The molecule has 3 aromatic rings. The lowest BCUT2D eigenvalue weighted by atomic mass is 10.0. The van der Waals surface area contributed by atoms with Crippen LogP contribution in [0.1, 0.15) is 13.8 Å². The van der Waals surface area contributed by atoms with Crippen LogP contribution in [0, 0.1) is 5.92 Å². The SMILES string of the molecule is CC(C)C1CN(c2ccc(-c3ccc4ncccc4c3)nn2)CCN1. The summed E-state index contributed by atoms with van der Waals surface area (Å²) in [5.74, 6) is 1.57. The Hall–Kier alpha value is -2.53. The van der Waals surface area contributed by atoms with Crippen molar-refractivity contribution in [1.29, 1.82) is 0 Å². The van der Waals surface area contributed by atoms with E-state index < -0.39 is 0 Å². The Morgan fingerprint density at radius 1 is 1.12 bits per heavy atom. The van der Waals surface area contributed by atoms with Crippen molar-refractivity contribution in [3.63, 3.8) is 0 Å². The smallest absolute Gasteiger partial charge is 0.151 e. The standard InChI is InChI=1S/C20H23N5/c1-14(2)19-13-25(11-10-22-19)20-8-7-18(23-24-20)16-5-6-17-15(12-16)4-3-9-21-17/h3-9,12,14,19,22H,10-11,13H2,1-2H3. The minimum atomic E-state index is 0.503. The third-order valence-corrected chi connectivity index (χ3v) is 4.88. The summed E-state index contributed by atoms with van der Waals surface area (Å²) in [6.45, 7) is 7.45. The van der Waals surface area contributed by atoms with Gasteiger partial charge in [0.15, 0.2) is 5.82 Å². The number of hydrogen-bond acceptors (Lipinski definition) is 5. The van der Waals surface area contributed by atoms with Gasteiger partial charge in [0.05, 0.1) is 11.2 Å².